The lowest BCUT2D eigenvalue weighted by Crippen LogP contribution is -2.39. The molecule has 2 unspecified atom stereocenters. The number of halogens is 3. The van der Waals surface area contributed by atoms with E-state index in [1.165, 1.54) is 4.90 Å². The molecule has 0 aliphatic heterocycles. The van der Waals surface area contributed by atoms with Gasteiger partial charge in [-0.1, -0.05) is 25.0 Å². The fourth-order valence-corrected chi connectivity index (χ4v) is 3.50. The van der Waals surface area contributed by atoms with Crippen LogP contribution in [0, 0.1) is 11.8 Å². The van der Waals surface area contributed by atoms with Crippen molar-refractivity contribution in [1.82, 2.24) is 4.90 Å². The molecule has 162 valence electrons. The molecule has 0 saturated heterocycles. The first-order valence-corrected chi connectivity index (χ1v) is 9.77. The number of alkyl halides is 3. The van der Waals surface area contributed by atoms with Gasteiger partial charge in [0.25, 0.3) is 0 Å². The minimum absolute atomic E-state index is 0.0116. The predicted octanol–water partition coefficient (Wildman–Crippen LogP) is 5.36. The van der Waals surface area contributed by atoms with Gasteiger partial charge in [-0.3, -0.25) is 4.79 Å². The number of nitrogens with zero attached hydrogens (tertiary/aromatic N) is 1. The summed E-state index contributed by atoms with van der Waals surface area (Å²) in [6.45, 7) is 5.56. The summed E-state index contributed by atoms with van der Waals surface area (Å²) in [4.78, 5) is 26.0. The van der Waals surface area contributed by atoms with Gasteiger partial charge in [-0.15, -0.1) is 0 Å². The second-order valence-electron chi connectivity index (χ2n) is 8.57. The molecular weight excluding hydrogens is 385 g/mol. The fourth-order valence-electron chi connectivity index (χ4n) is 3.50. The van der Waals surface area contributed by atoms with E-state index in [-0.39, 0.29) is 19.4 Å². The van der Waals surface area contributed by atoms with Crippen LogP contribution < -0.4 is 5.32 Å². The Hall–Kier alpha value is -2.25. The molecular formula is C21H29F3N2O3. The number of nitrogens with one attached hydrogen (secondary N) is 1. The van der Waals surface area contributed by atoms with Crippen LogP contribution in [-0.2, 0) is 16.1 Å². The maximum atomic E-state index is 13.3. The summed E-state index contributed by atoms with van der Waals surface area (Å²) in [6.07, 6.45) is -3.53. The third-order valence-electron chi connectivity index (χ3n) is 4.84. The predicted molar refractivity (Wildman–Crippen MR) is 104 cm³/mol. The van der Waals surface area contributed by atoms with Crippen molar-refractivity contribution in [3.8, 4) is 0 Å². The Morgan fingerprint density at radius 1 is 1.17 bits per heavy atom. The molecule has 1 aliphatic rings. The van der Waals surface area contributed by atoms with E-state index in [4.69, 9.17) is 4.74 Å². The smallest absolute Gasteiger partial charge is 0.410 e. The highest BCUT2D eigenvalue weighted by atomic mass is 19.4. The van der Waals surface area contributed by atoms with Crippen molar-refractivity contribution in [2.45, 2.75) is 64.8 Å². The van der Waals surface area contributed by atoms with E-state index in [1.54, 1.807) is 52.1 Å². The lowest BCUT2D eigenvalue weighted by molar-refractivity contribution is -0.197. The Kier molecular flexibility index (Phi) is 7.19. The first kappa shape index (κ1) is 23.0. The number of benzene rings is 1. The van der Waals surface area contributed by atoms with Crippen LogP contribution in [0.2, 0.25) is 0 Å². The normalized spacial score (nSPS) is 20.1. The minimum atomic E-state index is -4.37. The number of hydrogen-bond donors (Lipinski definition) is 1. The van der Waals surface area contributed by atoms with E-state index >= 15 is 0 Å². The van der Waals surface area contributed by atoms with E-state index in [9.17, 15) is 22.8 Å². The fraction of sp³-hybridized carbons (Fsp3) is 0.619. The molecule has 0 aromatic heterocycles. The van der Waals surface area contributed by atoms with Crippen LogP contribution in [0.1, 0.15) is 52.0 Å². The number of carbonyl (C=O) groups excluding carboxylic acids is 2. The quantitative estimate of drug-likeness (QED) is 0.722. The first-order chi connectivity index (χ1) is 13.4. The number of anilines is 1. The molecule has 5 nitrogen and oxygen atoms in total. The molecule has 0 spiro atoms. The molecule has 1 aromatic rings. The number of rotatable bonds is 4. The number of carbonyl (C=O) groups is 2. The van der Waals surface area contributed by atoms with Crippen LogP contribution in [0.5, 0.6) is 0 Å². The molecule has 1 aromatic carbocycles. The van der Waals surface area contributed by atoms with Gasteiger partial charge >= 0.3 is 12.3 Å². The zero-order chi connectivity index (χ0) is 21.8. The third-order valence-corrected chi connectivity index (χ3v) is 4.84. The molecule has 1 aliphatic carbocycles. The summed E-state index contributed by atoms with van der Waals surface area (Å²) in [6, 6.07) is 6.75. The maximum absolute atomic E-state index is 13.3. The van der Waals surface area contributed by atoms with Crippen molar-refractivity contribution >= 4 is 17.7 Å². The lowest BCUT2D eigenvalue weighted by Gasteiger charge is -2.32. The van der Waals surface area contributed by atoms with Crippen LogP contribution >= 0.6 is 0 Å². The Balaban J connectivity index is 2.03. The average molecular weight is 414 g/mol. The molecule has 1 fully saturated rings. The van der Waals surface area contributed by atoms with Gasteiger partial charge in [0.2, 0.25) is 5.91 Å². The molecule has 8 heteroatoms. The third kappa shape index (κ3) is 6.94. The molecule has 0 heterocycles. The van der Waals surface area contributed by atoms with E-state index in [1.807, 2.05) is 0 Å². The van der Waals surface area contributed by atoms with Gasteiger partial charge in [0.1, 0.15) is 5.60 Å². The van der Waals surface area contributed by atoms with Crippen molar-refractivity contribution in [1.29, 1.82) is 0 Å². The number of hydrogen-bond acceptors (Lipinski definition) is 3. The molecule has 0 bridgehead atoms. The largest absolute Gasteiger partial charge is 0.444 e. The zero-order valence-corrected chi connectivity index (χ0v) is 17.3. The zero-order valence-electron chi connectivity index (χ0n) is 17.3. The van der Waals surface area contributed by atoms with Crippen molar-refractivity contribution in [3.05, 3.63) is 29.8 Å². The lowest BCUT2D eigenvalue weighted by atomic mass is 9.78. The van der Waals surface area contributed by atoms with E-state index in [0.29, 0.717) is 18.5 Å². The molecule has 2 atom stereocenters. The van der Waals surface area contributed by atoms with Crippen molar-refractivity contribution in [2.75, 3.05) is 12.4 Å². The Bertz CT molecular complexity index is 729. The van der Waals surface area contributed by atoms with E-state index < -0.39 is 35.6 Å². The van der Waals surface area contributed by atoms with Gasteiger partial charge < -0.3 is 15.0 Å². The summed E-state index contributed by atoms with van der Waals surface area (Å²) in [5.74, 6) is -3.28. The molecule has 1 N–H and O–H groups in total. The topological polar surface area (TPSA) is 58.6 Å². The SMILES string of the molecule is CN(Cc1cccc(NC(=O)C2CCCCC2C(F)(F)F)c1)C(=O)OC(C)(C)C. The highest BCUT2D eigenvalue weighted by molar-refractivity contribution is 5.93. The van der Waals surface area contributed by atoms with Gasteiger partial charge in [0, 0.05) is 25.2 Å². The highest BCUT2D eigenvalue weighted by Gasteiger charge is 2.48. The van der Waals surface area contributed by atoms with Crippen LogP contribution in [-0.4, -0.2) is 35.7 Å². The van der Waals surface area contributed by atoms with Gasteiger partial charge in [0.05, 0.1) is 5.92 Å². The summed E-state index contributed by atoms with van der Waals surface area (Å²) in [7, 11) is 1.59. The molecule has 0 radical (unpaired) electrons. The summed E-state index contributed by atoms with van der Waals surface area (Å²) < 4.78 is 45.1. The molecule has 2 rings (SSSR count). The van der Waals surface area contributed by atoms with E-state index in [0.717, 1.165) is 5.56 Å². The van der Waals surface area contributed by atoms with Crippen LogP contribution in [0.15, 0.2) is 24.3 Å². The van der Waals surface area contributed by atoms with Crippen LogP contribution in [0.25, 0.3) is 0 Å². The average Bonchev–Trinajstić information content (AvgIpc) is 2.59. The molecule has 29 heavy (non-hydrogen) atoms. The van der Waals surface area contributed by atoms with Crippen LogP contribution in [0.4, 0.5) is 23.7 Å². The monoisotopic (exact) mass is 414 g/mol. The summed E-state index contributed by atoms with van der Waals surface area (Å²) in [5, 5.41) is 2.62. The Morgan fingerprint density at radius 3 is 2.45 bits per heavy atom. The Morgan fingerprint density at radius 2 is 1.83 bits per heavy atom. The highest BCUT2D eigenvalue weighted by Crippen LogP contribution is 2.41. The standard InChI is InChI=1S/C21H29F3N2O3/c1-20(2,3)29-19(28)26(4)13-14-8-7-9-15(12-14)25-18(27)16-10-5-6-11-17(16)21(22,23)24/h7-9,12,16-17H,5-6,10-11,13H2,1-4H3,(H,25,27). The van der Waals surface area contributed by atoms with Gasteiger partial charge in [-0.2, -0.15) is 13.2 Å². The molecule has 2 amide bonds. The second-order valence-corrected chi connectivity index (χ2v) is 8.57. The van der Waals surface area contributed by atoms with Crippen molar-refractivity contribution in [2.24, 2.45) is 11.8 Å². The number of ether oxygens (including phenoxy) is 1. The first-order valence-electron chi connectivity index (χ1n) is 9.77. The van der Waals surface area contributed by atoms with Crippen molar-refractivity contribution in [3.63, 3.8) is 0 Å². The summed E-state index contributed by atoms with van der Waals surface area (Å²) >= 11 is 0. The van der Waals surface area contributed by atoms with Crippen molar-refractivity contribution < 1.29 is 27.5 Å². The Labute approximate surface area is 169 Å². The molecule has 1 saturated carbocycles. The van der Waals surface area contributed by atoms with E-state index in [2.05, 4.69) is 5.32 Å². The number of amides is 2. The maximum Gasteiger partial charge on any atom is 0.410 e. The van der Waals surface area contributed by atoms with Gasteiger partial charge in [0.15, 0.2) is 0 Å². The summed E-state index contributed by atoms with van der Waals surface area (Å²) in [5.41, 5.74) is 0.527. The van der Waals surface area contributed by atoms with Crippen LogP contribution in [0.3, 0.4) is 0 Å². The minimum Gasteiger partial charge on any atom is -0.444 e. The second kappa shape index (κ2) is 9.05. The van der Waals surface area contributed by atoms with Gasteiger partial charge in [-0.25, -0.2) is 4.79 Å². The van der Waals surface area contributed by atoms with Gasteiger partial charge in [-0.05, 0) is 51.3 Å².